The molecule has 2 aromatic rings. The van der Waals surface area contributed by atoms with Crippen LogP contribution in [0, 0.1) is 5.82 Å². The minimum Gasteiger partial charge on any atom is -0.479 e. The van der Waals surface area contributed by atoms with E-state index in [-0.39, 0.29) is 29.8 Å². The Balaban J connectivity index is 1.52. The van der Waals surface area contributed by atoms with Crippen LogP contribution in [0.25, 0.3) is 0 Å². The molecule has 2 atom stereocenters. The van der Waals surface area contributed by atoms with Crippen molar-refractivity contribution in [3.63, 3.8) is 0 Å². The third-order valence-corrected chi connectivity index (χ3v) is 4.56. The highest BCUT2D eigenvalue weighted by Gasteiger charge is 2.27. The highest BCUT2D eigenvalue weighted by atomic mass is 19.1. The molecule has 0 unspecified atom stereocenters. The standard InChI is InChI=1S/C19H23FN4O4/c1-24-11-16(18(23-24)27-2)17(25)21-14-4-3-5-15(10-14)28-19(26)22-13-8-6-12(20)7-9-13/h6-9,11,14-15H,3-5,10H2,1-2H3,(H,21,25)(H,22,26)/t14-,15-/m0/s1. The molecule has 0 aliphatic heterocycles. The molecule has 1 heterocycles. The van der Waals surface area contributed by atoms with Crippen molar-refractivity contribution in [3.05, 3.63) is 41.8 Å². The van der Waals surface area contributed by atoms with Gasteiger partial charge in [0.1, 0.15) is 17.5 Å². The zero-order chi connectivity index (χ0) is 20.1. The summed E-state index contributed by atoms with van der Waals surface area (Å²) in [6.45, 7) is 0. The van der Waals surface area contributed by atoms with Crippen LogP contribution >= 0.6 is 0 Å². The van der Waals surface area contributed by atoms with E-state index in [0.29, 0.717) is 17.7 Å². The first kappa shape index (κ1) is 19.7. The topological polar surface area (TPSA) is 94.5 Å². The van der Waals surface area contributed by atoms with E-state index in [1.165, 1.54) is 36.1 Å². The Hall–Kier alpha value is -3.10. The molecule has 0 radical (unpaired) electrons. The smallest absolute Gasteiger partial charge is 0.411 e. The molecule has 2 N–H and O–H groups in total. The lowest BCUT2D eigenvalue weighted by atomic mass is 9.92. The van der Waals surface area contributed by atoms with E-state index in [1.807, 2.05) is 0 Å². The first-order valence-corrected chi connectivity index (χ1v) is 9.06. The molecule has 0 spiro atoms. The summed E-state index contributed by atoms with van der Waals surface area (Å²) in [6.07, 6.45) is 3.55. The van der Waals surface area contributed by atoms with Crippen LogP contribution in [0.1, 0.15) is 36.0 Å². The molecule has 150 valence electrons. The van der Waals surface area contributed by atoms with Gasteiger partial charge in [-0.1, -0.05) is 0 Å². The van der Waals surface area contributed by atoms with Gasteiger partial charge in [-0.15, -0.1) is 5.10 Å². The van der Waals surface area contributed by atoms with Crippen molar-refractivity contribution in [1.29, 1.82) is 0 Å². The lowest BCUT2D eigenvalue weighted by Gasteiger charge is -2.29. The zero-order valence-electron chi connectivity index (χ0n) is 15.8. The third-order valence-electron chi connectivity index (χ3n) is 4.56. The molecule has 28 heavy (non-hydrogen) atoms. The Kier molecular flexibility index (Phi) is 6.13. The maximum absolute atomic E-state index is 12.9. The van der Waals surface area contributed by atoms with Gasteiger partial charge in [0, 0.05) is 31.4 Å². The average Bonchev–Trinajstić information content (AvgIpc) is 3.05. The summed E-state index contributed by atoms with van der Waals surface area (Å²) in [4.78, 5) is 24.6. The Bertz CT molecular complexity index is 837. The van der Waals surface area contributed by atoms with Crippen LogP contribution in [0.5, 0.6) is 5.88 Å². The third kappa shape index (κ3) is 4.99. The van der Waals surface area contributed by atoms with Crippen molar-refractivity contribution in [2.75, 3.05) is 12.4 Å². The molecule has 9 heteroatoms. The molecule has 0 bridgehead atoms. The summed E-state index contributed by atoms with van der Waals surface area (Å²) in [5, 5.41) is 9.61. The largest absolute Gasteiger partial charge is 0.479 e. The highest BCUT2D eigenvalue weighted by molar-refractivity contribution is 5.96. The van der Waals surface area contributed by atoms with Crippen LogP contribution in [-0.4, -0.2) is 41.0 Å². The van der Waals surface area contributed by atoms with Gasteiger partial charge in [-0.25, -0.2) is 9.18 Å². The van der Waals surface area contributed by atoms with Gasteiger partial charge in [-0.05, 0) is 43.5 Å². The predicted octanol–water partition coefficient (Wildman–Crippen LogP) is 2.86. The number of aromatic nitrogens is 2. The van der Waals surface area contributed by atoms with E-state index in [9.17, 15) is 14.0 Å². The van der Waals surface area contributed by atoms with E-state index in [1.54, 1.807) is 13.2 Å². The van der Waals surface area contributed by atoms with Crippen LogP contribution in [0.15, 0.2) is 30.5 Å². The normalized spacial score (nSPS) is 19.0. The highest BCUT2D eigenvalue weighted by Crippen LogP contribution is 2.23. The second-order valence-electron chi connectivity index (χ2n) is 6.72. The maximum atomic E-state index is 12.9. The summed E-state index contributed by atoms with van der Waals surface area (Å²) in [7, 11) is 3.17. The van der Waals surface area contributed by atoms with Gasteiger partial charge in [-0.3, -0.25) is 14.8 Å². The molecule has 1 aliphatic rings. The number of benzene rings is 1. The number of ether oxygens (including phenoxy) is 2. The molecule has 1 aromatic carbocycles. The maximum Gasteiger partial charge on any atom is 0.411 e. The van der Waals surface area contributed by atoms with Gasteiger partial charge in [0.15, 0.2) is 0 Å². The lowest BCUT2D eigenvalue weighted by molar-refractivity contribution is 0.0712. The van der Waals surface area contributed by atoms with Crippen molar-refractivity contribution >= 4 is 17.7 Å². The number of rotatable bonds is 5. The van der Waals surface area contributed by atoms with Crippen LogP contribution in [-0.2, 0) is 11.8 Å². The zero-order valence-corrected chi connectivity index (χ0v) is 15.8. The second kappa shape index (κ2) is 8.73. The Morgan fingerprint density at radius 3 is 2.71 bits per heavy atom. The van der Waals surface area contributed by atoms with Crippen molar-refractivity contribution in [3.8, 4) is 5.88 Å². The van der Waals surface area contributed by atoms with E-state index >= 15 is 0 Å². The van der Waals surface area contributed by atoms with Crippen molar-refractivity contribution in [2.45, 2.75) is 37.8 Å². The number of amides is 2. The summed E-state index contributed by atoms with van der Waals surface area (Å²) < 4.78 is 25.0. The molecular weight excluding hydrogens is 367 g/mol. The summed E-state index contributed by atoms with van der Waals surface area (Å²) in [6, 6.07) is 5.32. The SMILES string of the molecule is COc1nn(C)cc1C(=O)N[C@H]1CCC[C@H](OC(=O)Nc2ccc(F)cc2)C1. The summed E-state index contributed by atoms with van der Waals surface area (Å²) in [5.41, 5.74) is 0.817. The Labute approximate surface area is 162 Å². The number of hydrogen-bond donors (Lipinski definition) is 2. The summed E-state index contributed by atoms with van der Waals surface area (Å²) >= 11 is 0. The molecular formula is C19H23FN4O4. The number of halogens is 1. The van der Waals surface area contributed by atoms with Crippen molar-refractivity contribution in [1.82, 2.24) is 15.1 Å². The average molecular weight is 390 g/mol. The minimum absolute atomic E-state index is 0.116. The number of methoxy groups -OCH3 is 1. The van der Waals surface area contributed by atoms with Gasteiger partial charge in [0.2, 0.25) is 5.88 Å². The number of carbonyl (C=O) groups is 2. The molecule has 2 amide bonds. The first-order chi connectivity index (χ1) is 13.4. The fourth-order valence-electron chi connectivity index (χ4n) is 3.25. The van der Waals surface area contributed by atoms with E-state index < -0.39 is 6.09 Å². The van der Waals surface area contributed by atoms with Gasteiger partial charge in [0.25, 0.3) is 5.91 Å². The number of aryl methyl sites for hydroxylation is 1. The quantitative estimate of drug-likeness (QED) is 0.819. The predicted molar refractivity (Wildman–Crippen MR) is 99.8 cm³/mol. The van der Waals surface area contributed by atoms with Crippen LogP contribution in [0.4, 0.5) is 14.9 Å². The fraction of sp³-hybridized carbons (Fsp3) is 0.421. The molecule has 0 saturated heterocycles. The molecule has 1 fully saturated rings. The number of hydrogen-bond acceptors (Lipinski definition) is 5. The molecule has 1 aromatic heterocycles. The molecule has 8 nitrogen and oxygen atoms in total. The van der Waals surface area contributed by atoms with Crippen molar-refractivity contribution < 1.29 is 23.5 Å². The Morgan fingerprint density at radius 1 is 1.25 bits per heavy atom. The van der Waals surface area contributed by atoms with Gasteiger partial charge >= 0.3 is 6.09 Å². The number of anilines is 1. The van der Waals surface area contributed by atoms with Crippen molar-refractivity contribution in [2.24, 2.45) is 7.05 Å². The molecule has 3 rings (SSSR count). The Morgan fingerprint density at radius 2 is 2.00 bits per heavy atom. The number of carbonyl (C=O) groups excluding carboxylic acids is 2. The van der Waals surface area contributed by atoms with Gasteiger partial charge < -0.3 is 14.8 Å². The molecule has 1 saturated carbocycles. The van der Waals surface area contributed by atoms with E-state index in [0.717, 1.165) is 19.3 Å². The van der Waals surface area contributed by atoms with E-state index in [4.69, 9.17) is 9.47 Å². The first-order valence-electron chi connectivity index (χ1n) is 9.06. The second-order valence-corrected chi connectivity index (χ2v) is 6.72. The van der Waals surface area contributed by atoms with Crippen LogP contribution in [0.3, 0.4) is 0 Å². The fourth-order valence-corrected chi connectivity index (χ4v) is 3.25. The summed E-state index contributed by atoms with van der Waals surface area (Å²) in [5.74, 6) is -0.385. The van der Waals surface area contributed by atoms with E-state index in [2.05, 4.69) is 15.7 Å². The minimum atomic E-state index is -0.600. The molecule has 1 aliphatic carbocycles. The lowest BCUT2D eigenvalue weighted by Crippen LogP contribution is -2.41. The van der Waals surface area contributed by atoms with Gasteiger partial charge in [0.05, 0.1) is 7.11 Å². The van der Waals surface area contributed by atoms with Crippen LogP contribution in [0.2, 0.25) is 0 Å². The van der Waals surface area contributed by atoms with Gasteiger partial charge in [-0.2, -0.15) is 0 Å². The van der Waals surface area contributed by atoms with Crippen LogP contribution < -0.4 is 15.4 Å². The number of nitrogens with one attached hydrogen (secondary N) is 2. The number of nitrogens with zero attached hydrogens (tertiary/aromatic N) is 2. The monoisotopic (exact) mass is 390 g/mol.